The lowest BCUT2D eigenvalue weighted by molar-refractivity contribution is -0.140. The molecule has 0 aliphatic carbocycles. The van der Waals surface area contributed by atoms with Gasteiger partial charge in [-0.05, 0) is 17.7 Å². The minimum Gasteiger partial charge on any atom is -0.481 e. The number of ether oxygens (including phenoxy) is 1. The van der Waals surface area contributed by atoms with Gasteiger partial charge in [-0.2, -0.15) is 13.2 Å². The molecule has 0 saturated heterocycles. The van der Waals surface area contributed by atoms with Crippen LogP contribution in [0, 0.1) is 5.82 Å². The van der Waals surface area contributed by atoms with Crippen molar-refractivity contribution < 1.29 is 22.3 Å². The average Bonchev–Trinajstić information content (AvgIpc) is 2.46. The topological polar surface area (TPSA) is 61.0 Å². The van der Waals surface area contributed by atoms with Crippen molar-refractivity contribution in [2.45, 2.75) is 12.2 Å². The summed E-state index contributed by atoms with van der Waals surface area (Å²) in [7, 11) is 1.39. The summed E-state index contributed by atoms with van der Waals surface area (Å²) < 4.78 is 56.2. The summed E-state index contributed by atoms with van der Waals surface area (Å²) in [4.78, 5) is 7.66. The third-order valence-corrected chi connectivity index (χ3v) is 2.85. The van der Waals surface area contributed by atoms with Crippen LogP contribution in [0.4, 0.5) is 17.6 Å². The number of rotatable bonds is 3. The van der Waals surface area contributed by atoms with Crippen LogP contribution in [0.2, 0.25) is 0 Å². The van der Waals surface area contributed by atoms with Gasteiger partial charge in [-0.25, -0.2) is 14.4 Å². The Kier molecular flexibility index (Phi) is 4.08. The van der Waals surface area contributed by atoms with E-state index in [4.69, 9.17) is 10.5 Å². The van der Waals surface area contributed by atoms with E-state index in [0.717, 1.165) is 6.07 Å². The minimum atomic E-state index is -4.79. The molecule has 1 unspecified atom stereocenters. The maximum absolute atomic E-state index is 13.2. The van der Waals surface area contributed by atoms with Crippen molar-refractivity contribution in [3.8, 4) is 5.88 Å². The van der Waals surface area contributed by atoms with E-state index in [1.165, 1.54) is 25.6 Å². The first-order valence-corrected chi connectivity index (χ1v) is 5.81. The van der Waals surface area contributed by atoms with Crippen molar-refractivity contribution in [2.24, 2.45) is 5.73 Å². The molecule has 0 aliphatic rings. The number of alkyl halides is 3. The van der Waals surface area contributed by atoms with Gasteiger partial charge in [0.1, 0.15) is 12.1 Å². The number of nitrogens with two attached hydrogens (primary N) is 1. The van der Waals surface area contributed by atoms with E-state index in [9.17, 15) is 17.6 Å². The summed E-state index contributed by atoms with van der Waals surface area (Å²) in [5.41, 5.74) is 4.85. The molecule has 1 aromatic carbocycles. The van der Waals surface area contributed by atoms with Crippen LogP contribution in [0.1, 0.15) is 22.9 Å². The predicted octanol–water partition coefficient (Wildman–Crippen LogP) is 2.69. The van der Waals surface area contributed by atoms with Gasteiger partial charge in [0.15, 0.2) is 0 Å². The Morgan fingerprint density at radius 2 is 1.90 bits per heavy atom. The molecule has 0 aliphatic heterocycles. The molecule has 1 heterocycles. The Balaban J connectivity index is 2.41. The second kappa shape index (κ2) is 5.65. The Morgan fingerprint density at radius 3 is 2.52 bits per heavy atom. The first-order valence-electron chi connectivity index (χ1n) is 5.81. The zero-order chi connectivity index (χ0) is 15.6. The van der Waals surface area contributed by atoms with E-state index in [1.807, 2.05) is 0 Å². The highest BCUT2D eigenvalue weighted by Gasteiger charge is 2.34. The van der Waals surface area contributed by atoms with Crippen LogP contribution in [0.5, 0.6) is 5.88 Å². The van der Waals surface area contributed by atoms with E-state index in [2.05, 4.69) is 9.97 Å². The second-order valence-corrected chi connectivity index (χ2v) is 4.20. The summed E-state index contributed by atoms with van der Waals surface area (Å²) in [6.07, 6.45) is -3.61. The largest absolute Gasteiger partial charge is 0.481 e. The van der Waals surface area contributed by atoms with Crippen LogP contribution in [0.3, 0.4) is 0 Å². The van der Waals surface area contributed by atoms with Gasteiger partial charge in [-0.15, -0.1) is 0 Å². The molecule has 0 radical (unpaired) electrons. The van der Waals surface area contributed by atoms with Gasteiger partial charge in [-0.1, -0.05) is 6.07 Å². The van der Waals surface area contributed by atoms with E-state index in [-0.39, 0.29) is 17.1 Å². The second-order valence-electron chi connectivity index (χ2n) is 4.20. The third kappa shape index (κ3) is 3.27. The van der Waals surface area contributed by atoms with Gasteiger partial charge in [-0.3, -0.25) is 0 Å². The summed E-state index contributed by atoms with van der Waals surface area (Å²) in [6.45, 7) is 0. The fraction of sp³-hybridized carbons (Fsp3) is 0.231. The van der Waals surface area contributed by atoms with E-state index < -0.39 is 23.6 Å². The lowest BCUT2D eigenvalue weighted by Gasteiger charge is -2.15. The van der Waals surface area contributed by atoms with Crippen molar-refractivity contribution in [1.82, 2.24) is 9.97 Å². The third-order valence-electron chi connectivity index (χ3n) is 2.85. The molecule has 112 valence electrons. The minimum absolute atomic E-state index is 0.0875. The molecule has 0 fully saturated rings. The Hall–Kier alpha value is -2.22. The molecular weight excluding hydrogens is 290 g/mol. The molecule has 2 rings (SSSR count). The zero-order valence-corrected chi connectivity index (χ0v) is 10.9. The van der Waals surface area contributed by atoms with Crippen LogP contribution < -0.4 is 10.5 Å². The van der Waals surface area contributed by atoms with Crippen molar-refractivity contribution in [3.63, 3.8) is 0 Å². The van der Waals surface area contributed by atoms with E-state index in [0.29, 0.717) is 6.07 Å². The fourth-order valence-corrected chi connectivity index (χ4v) is 1.76. The zero-order valence-electron chi connectivity index (χ0n) is 10.9. The highest BCUT2D eigenvalue weighted by Crippen LogP contribution is 2.33. The molecule has 2 N–H and O–H groups in total. The monoisotopic (exact) mass is 301 g/mol. The van der Waals surface area contributed by atoms with Gasteiger partial charge < -0.3 is 10.5 Å². The molecule has 1 atom stereocenters. The number of methoxy groups -OCH3 is 1. The number of nitrogens with zero attached hydrogens (tertiary/aromatic N) is 2. The quantitative estimate of drug-likeness (QED) is 0.885. The average molecular weight is 301 g/mol. The number of hydrogen-bond acceptors (Lipinski definition) is 4. The van der Waals surface area contributed by atoms with Gasteiger partial charge in [0, 0.05) is 6.07 Å². The maximum atomic E-state index is 13.2. The Labute approximate surface area is 117 Å². The normalized spacial score (nSPS) is 13.0. The predicted molar refractivity (Wildman–Crippen MR) is 66.0 cm³/mol. The fourth-order valence-electron chi connectivity index (χ4n) is 1.76. The first-order chi connectivity index (χ1) is 9.82. The first kappa shape index (κ1) is 15.2. The summed E-state index contributed by atoms with van der Waals surface area (Å²) in [6, 6.07) is 3.04. The smallest absolute Gasteiger partial charge is 0.419 e. The number of hydrogen-bond donors (Lipinski definition) is 1. The molecule has 0 amide bonds. The van der Waals surface area contributed by atoms with Crippen LogP contribution in [-0.2, 0) is 6.18 Å². The van der Waals surface area contributed by atoms with Crippen LogP contribution in [-0.4, -0.2) is 17.1 Å². The highest BCUT2D eigenvalue weighted by atomic mass is 19.4. The highest BCUT2D eigenvalue weighted by molar-refractivity contribution is 5.34. The summed E-state index contributed by atoms with van der Waals surface area (Å²) in [5, 5.41) is 0. The van der Waals surface area contributed by atoms with Gasteiger partial charge >= 0.3 is 6.18 Å². The molecule has 4 nitrogen and oxygen atoms in total. The van der Waals surface area contributed by atoms with Crippen molar-refractivity contribution in [2.75, 3.05) is 7.11 Å². The molecule has 0 saturated carbocycles. The lowest BCUT2D eigenvalue weighted by atomic mass is 10.0. The van der Waals surface area contributed by atoms with Gasteiger partial charge in [0.25, 0.3) is 0 Å². The van der Waals surface area contributed by atoms with Crippen molar-refractivity contribution in [3.05, 3.63) is 53.2 Å². The van der Waals surface area contributed by atoms with Gasteiger partial charge in [0.2, 0.25) is 5.88 Å². The standard InChI is InChI=1S/C13H11F4N3O/c1-21-11-5-10(19-6-20-11)12(18)7-2-3-9(14)8(4-7)13(15,16)17/h2-6,12H,18H2,1H3. The van der Waals surface area contributed by atoms with Gasteiger partial charge in [0.05, 0.1) is 24.4 Å². The number of aromatic nitrogens is 2. The molecule has 1 aromatic heterocycles. The van der Waals surface area contributed by atoms with E-state index >= 15 is 0 Å². The SMILES string of the molecule is COc1cc(C(N)c2ccc(F)c(C(F)(F)F)c2)ncn1. The van der Waals surface area contributed by atoms with E-state index in [1.54, 1.807) is 0 Å². The molecule has 0 spiro atoms. The lowest BCUT2D eigenvalue weighted by Crippen LogP contribution is -2.16. The summed E-state index contributed by atoms with van der Waals surface area (Å²) >= 11 is 0. The summed E-state index contributed by atoms with van der Waals surface area (Å²) in [5.74, 6) is -1.12. The molecule has 0 bridgehead atoms. The van der Waals surface area contributed by atoms with Crippen LogP contribution in [0.25, 0.3) is 0 Å². The Bertz CT molecular complexity index is 646. The van der Waals surface area contributed by atoms with Crippen molar-refractivity contribution >= 4 is 0 Å². The maximum Gasteiger partial charge on any atom is 0.419 e. The number of halogens is 4. The molecule has 21 heavy (non-hydrogen) atoms. The molecule has 8 heteroatoms. The van der Waals surface area contributed by atoms with Crippen molar-refractivity contribution in [1.29, 1.82) is 0 Å². The molecular formula is C13H11F4N3O. The molecule has 2 aromatic rings. The van der Waals surface area contributed by atoms with Crippen LogP contribution in [0.15, 0.2) is 30.6 Å². The Morgan fingerprint density at radius 1 is 1.19 bits per heavy atom. The number of benzene rings is 1. The van der Waals surface area contributed by atoms with Crippen LogP contribution >= 0.6 is 0 Å².